The Labute approximate surface area is 143 Å². The third kappa shape index (κ3) is 6.57. The predicted molar refractivity (Wildman–Crippen MR) is 92.1 cm³/mol. The molecule has 0 saturated carbocycles. The van der Waals surface area contributed by atoms with E-state index in [1.165, 1.54) is 6.07 Å². The van der Waals surface area contributed by atoms with Gasteiger partial charge in [-0.05, 0) is 37.1 Å². The van der Waals surface area contributed by atoms with Gasteiger partial charge in [-0.25, -0.2) is 12.8 Å². The summed E-state index contributed by atoms with van der Waals surface area (Å²) >= 11 is 0. The van der Waals surface area contributed by atoms with E-state index in [0.29, 0.717) is 13.1 Å². The molecule has 0 atom stereocenters. The zero-order valence-electron chi connectivity index (χ0n) is 14.1. The van der Waals surface area contributed by atoms with Crippen molar-refractivity contribution >= 4 is 15.7 Å². The highest BCUT2D eigenvalue weighted by atomic mass is 32.2. The Balaban J connectivity index is 1.66. The first-order valence-corrected chi connectivity index (χ1v) is 10.3. The Bertz CT molecular complexity index is 656. The Hall–Kier alpha value is -1.47. The van der Waals surface area contributed by atoms with Crippen LogP contribution in [0.15, 0.2) is 24.3 Å². The zero-order valence-corrected chi connectivity index (χ0v) is 14.9. The van der Waals surface area contributed by atoms with Gasteiger partial charge in [0.15, 0.2) is 0 Å². The summed E-state index contributed by atoms with van der Waals surface area (Å²) in [6.45, 7) is 3.80. The van der Waals surface area contributed by atoms with E-state index in [-0.39, 0.29) is 23.9 Å². The van der Waals surface area contributed by atoms with Gasteiger partial charge in [-0.3, -0.25) is 9.69 Å². The Morgan fingerprint density at radius 3 is 2.54 bits per heavy atom. The first-order valence-electron chi connectivity index (χ1n) is 8.26. The molecule has 0 unspecified atom stereocenters. The minimum absolute atomic E-state index is 0.0679. The summed E-state index contributed by atoms with van der Waals surface area (Å²) in [6.07, 6.45) is 3.01. The maximum atomic E-state index is 13.1. The lowest BCUT2D eigenvalue weighted by atomic mass is 10.1. The molecule has 0 bridgehead atoms. The van der Waals surface area contributed by atoms with Gasteiger partial charge in [0.05, 0.1) is 5.75 Å². The van der Waals surface area contributed by atoms with Crippen LogP contribution >= 0.6 is 0 Å². The summed E-state index contributed by atoms with van der Waals surface area (Å²) in [6, 6.07) is 6.68. The van der Waals surface area contributed by atoms with Crippen LogP contribution in [0.4, 0.5) is 4.39 Å². The number of nitrogens with zero attached hydrogens (tertiary/aromatic N) is 2. The van der Waals surface area contributed by atoms with Crippen LogP contribution < -0.4 is 0 Å². The van der Waals surface area contributed by atoms with Crippen LogP contribution in [0.1, 0.15) is 18.4 Å². The number of rotatable bonds is 7. The average molecular weight is 356 g/mol. The second-order valence-electron chi connectivity index (χ2n) is 6.34. The van der Waals surface area contributed by atoms with E-state index >= 15 is 0 Å². The number of amides is 1. The van der Waals surface area contributed by atoms with Crippen molar-refractivity contribution in [2.24, 2.45) is 0 Å². The second kappa shape index (κ2) is 8.58. The molecule has 1 aromatic carbocycles. The first kappa shape index (κ1) is 18.9. The van der Waals surface area contributed by atoms with E-state index in [9.17, 15) is 17.6 Å². The number of carbonyl (C=O) groups excluding carboxylic acids is 1. The Morgan fingerprint density at radius 2 is 1.92 bits per heavy atom. The van der Waals surface area contributed by atoms with E-state index in [0.717, 1.165) is 44.3 Å². The van der Waals surface area contributed by atoms with Crippen molar-refractivity contribution in [2.45, 2.75) is 19.3 Å². The van der Waals surface area contributed by atoms with Crippen LogP contribution in [0, 0.1) is 5.82 Å². The summed E-state index contributed by atoms with van der Waals surface area (Å²) in [5.74, 6) is -0.367. The fourth-order valence-electron chi connectivity index (χ4n) is 2.85. The number of halogens is 1. The van der Waals surface area contributed by atoms with Gasteiger partial charge < -0.3 is 4.90 Å². The van der Waals surface area contributed by atoms with Crippen LogP contribution in [0.25, 0.3) is 0 Å². The van der Waals surface area contributed by atoms with Gasteiger partial charge in [0.25, 0.3) is 0 Å². The lowest BCUT2D eigenvalue weighted by molar-refractivity contribution is -0.132. The number of benzene rings is 1. The van der Waals surface area contributed by atoms with Crippen LogP contribution in [-0.2, 0) is 21.1 Å². The van der Waals surface area contributed by atoms with Gasteiger partial charge in [-0.15, -0.1) is 0 Å². The molecule has 134 valence electrons. The van der Waals surface area contributed by atoms with Crippen molar-refractivity contribution in [1.29, 1.82) is 0 Å². The minimum Gasteiger partial charge on any atom is -0.340 e. The number of hydrogen-bond donors (Lipinski definition) is 0. The van der Waals surface area contributed by atoms with Crippen molar-refractivity contribution in [3.8, 4) is 0 Å². The quantitative estimate of drug-likeness (QED) is 0.740. The normalized spacial score (nSPS) is 16.3. The molecule has 0 aliphatic carbocycles. The van der Waals surface area contributed by atoms with Crippen molar-refractivity contribution in [1.82, 2.24) is 9.80 Å². The van der Waals surface area contributed by atoms with E-state index < -0.39 is 9.84 Å². The summed E-state index contributed by atoms with van der Waals surface area (Å²) in [5.41, 5.74) is 1.00. The van der Waals surface area contributed by atoms with Crippen LogP contribution in [-0.4, -0.2) is 68.9 Å². The minimum atomic E-state index is -3.09. The topological polar surface area (TPSA) is 57.7 Å². The van der Waals surface area contributed by atoms with Gasteiger partial charge >= 0.3 is 0 Å². The average Bonchev–Trinajstić information content (AvgIpc) is 2.53. The molecule has 0 radical (unpaired) electrons. The maximum absolute atomic E-state index is 13.1. The Kier molecular flexibility index (Phi) is 6.74. The standard InChI is InChI=1S/C17H25FN2O3S/c1-24(22,23)13-7-17(21)20-11-9-19(10-12-20)8-3-5-15-4-2-6-16(18)14-15/h2,4,6,14H,3,5,7-13H2,1H3. The fourth-order valence-corrected chi connectivity index (χ4v) is 3.40. The summed E-state index contributed by atoms with van der Waals surface area (Å²) in [5, 5.41) is 0. The molecule has 24 heavy (non-hydrogen) atoms. The molecule has 1 amide bonds. The van der Waals surface area contributed by atoms with Crippen molar-refractivity contribution in [2.75, 3.05) is 44.7 Å². The van der Waals surface area contributed by atoms with E-state index in [2.05, 4.69) is 4.90 Å². The van der Waals surface area contributed by atoms with E-state index in [1.807, 2.05) is 6.07 Å². The molecule has 0 N–H and O–H groups in total. The molecule has 1 heterocycles. The molecule has 1 aliphatic rings. The molecule has 0 aromatic heterocycles. The number of carbonyl (C=O) groups is 1. The fraction of sp³-hybridized carbons (Fsp3) is 0.588. The molecule has 1 fully saturated rings. The summed E-state index contributed by atoms with van der Waals surface area (Å²) < 4.78 is 35.4. The second-order valence-corrected chi connectivity index (χ2v) is 8.60. The number of hydrogen-bond acceptors (Lipinski definition) is 4. The molecule has 0 spiro atoms. The van der Waals surface area contributed by atoms with Crippen LogP contribution in [0.2, 0.25) is 0 Å². The SMILES string of the molecule is CS(=O)(=O)CCC(=O)N1CCN(CCCc2cccc(F)c2)CC1. The van der Waals surface area contributed by atoms with E-state index in [4.69, 9.17) is 0 Å². The lowest BCUT2D eigenvalue weighted by Crippen LogP contribution is -2.49. The molecule has 5 nitrogen and oxygen atoms in total. The molecule has 1 saturated heterocycles. The zero-order chi connectivity index (χ0) is 17.6. The largest absolute Gasteiger partial charge is 0.340 e. The maximum Gasteiger partial charge on any atom is 0.223 e. The van der Waals surface area contributed by atoms with Gasteiger partial charge in [0.2, 0.25) is 5.91 Å². The van der Waals surface area contributed by atoms with E-state index in [1.54, 1.807) is 17.0 Å². The van der Waals surface area contributed by atoms with Gasteiger partial charge in [0.1, 0.15) is 15.7 Å². The number of piperazine rings is 1. The lowest BCUT2D eigenvalue weighted by Gasteiger charge is -2.34. The third-order valence-electron chi connectivity index (χ3n) is 4.24. The molecule has 2 rings (SSSR count). The third-order valence-corrected chi connectivity index (χ3v) is 5.19. The van der Waals surface area contributed by atoms with Gasteiger partial charge in [0, 0.05) is 38.9 Å². The molecule has 7 heteroatoms. The highest BCUT2D eigenvalue weighted by Crippen LogP contribution is 2.09. The highest BCUT2D eigenvalue weighted by molar-refractivity contribution is 7.90. The number of sulfone groups is 1. The van der Waals surface area contributed by atoms with Crippen molar-refractivity contribution in [3.63, 3.8) is 0 Å². The predicted octanol–water partition coefficient (Wildman–Crippen LogP) is 1.34. The number of aryl methyl sites for hydroxylation is 1. The molecular formula is C17H25FN2O3S. The van der Waals surface area contributed by atoms with Crippen LogP contribution in [0.5, 0.6) is 0 Å². The Morgan fingerprint density at radius 1 is 1.21 bits per heavy atom. The molecule has 1 aromatic rings. The van der Waals surface area contributed by atoms with Crippen LogP contribution in [0.3, 0.4) is 0 Å². The monoisotopic (exact) mass is 356 g/mol. The summed E-state index contributed by atoms with van der Waals surface area (Å²) in [4.78, 5) is 16.0. The molecular weight excluding hydrogens is 331 g/mol. The molecule has 1 aliphatic heterocycles. The van der Waals surface area contributed by atoms with Gasteiger partial charge in [-0.2, -0.15) is 0 Å². The smallest absolute Gasteiger partial charge is 0.223 e. The van der Waals surface area contributed by atoms with Gasteiger partial charge in [-0.1, -0.05) is 12.1 Å². The summed E-state index contributed by atoms with van der Waals surface area (Å²) in [7, 11) is -3.09. The van der Waals surface area contributed by atoms with Crippen molar-refractivity contribution in [3.05, 3.63) is 35.6 Å². The highest BCUT2D eigenvalue weighted by Gasteiger charge is 2.21. The van der Waals surface area contributed by atoms with Crippen molar-refractivity contribution < 1.29 is 17.6 Å². The first-order chi connectivity index (χ1) is 11.3.